The molecule has 0 aromatic heterocycles. The van der Waals surface area contributed by atoms with Crippen LogP contribution in [0.4, 0.5) is 0 Å². The van der Waals surface area contributed by atoms with Gasteiger partial charge in [0, 0.05) is 11.4 Å². The molecule has 1 unspecified atom stereocenters. The van der Waals surface area contributed by atoms with Gasteiger partial charge in [0.25, 0.3) is 0 Å². The van der Waals surface area contributed by atoms with Crippen LogP contribution in [-0.2, 0) is 0 Å². The van der Waals surface area contributed by atoms with Gasteiger partial charge in [-0.1, -0.05) is 47.8 Å². The third-order valence-electron chi connectivity index (χ3n) is 0.678. The zero-order chi connectivity index (χ0) is 6.57. The number of aliphatic hydroxyl groups excluding tert-OH is 1. The van der Waals surface area contributed by atoms with E-state index in [4.69, 9.17) is 5.11 Å². The highest BCUT2D eigenvalue weighted by molar-refractivity contribution is 9.25. The summed E-state index contributed by atoms with van der Waals surface area (Å²) in [4.78, 5) is 0.312. The molecule has 0 bridgehead atoms. The molecule has 0 fully saturated rings. The maximum atomic E-state index is 8.41. The van der Waals surface area contributed by atoms with Crippen LogP contribution < -0.4 is 0 Å². The molecule has 0 aromatic rings. The Kier molecular flexibility index (Phi) is 6.12. The van der Waals surface area contributed by atoms with Crippen molar-refractivity contribution in [3.63, 3.8) is 0 Å². The number of halogens is 3. The van der Waals surface area contributed by atoms with Gasteiger partial charge in [-0.2, -0.15) is 0 Å². The molecule has 0 spiro atoms. The van der Waals surface area contributed by atoms with Gasteiger partial charge in [-0.15, -0.1) is 0 Å². The largest absolute Gasteiger partial charge is 0.396 e. The first-order chi connectivity index (χ1) is 3.68. The van der Waals surface area contributed by atoms with Crippen LogP contribution in [0.1, 0.15) is 6.42 Å². The molecule has 0 heterocycles. The van der Waals surface area contributed by atoms with E-state index in [-0.39, 0.29) is 10.3 Å². The molecule has 0 aliphatic carbocycles. The molecular formula is C4H7Br3O. The molecule has 1 atom stereocenters. The van der Waals surface area contributed by atoms with Gasteiger partial charge < -0.3 is 5.11 Å². The molecule has 0 saturated heterocycles. The van der Waals surface area contributed by atoms with Gasteiger partial charge in [0.15, 0.2) is 0 Å². The standard InChI is InChI=1S/C4H7Br3O/c5-3(1-2-8)4(6)7/h3-4,8H,1-2H2. The summed E-state index contributed by atoms with van der Waals surface area (Å²) in [5.74, 6) is 0. The summed E-state index contributed by atoms with van der Waals surface area (Å²) in [6.07, 6.45) is 0.765. The highest BCUT2D eigenvalue weighted by Crippen LogP contribution is 2.22. The second kappa shape index (κ2) is 5.21. The first-order valence-electron chi connectivity index (χ1n) is 2.21. The van der Waals surface area contributed by atoms with Crippen molar-refractivity contribution in [2.75, 3.05) is 6.61 Å². The third-order valence-corrected chi connectivity index (χ3v) is 4.36. The van der Waals surface area contributed by atoms with Crippen LogP contribution in [0.2, 0.25) is 0 Å². The number of rotatable bonds is 3. The molecule has 1 N–H and O–H groups in total. The van der Waals surface area contributed by atoms with Crippen molar-refractivity contribution in [3.05, 3.63) is 0 Å². The second-order valence-electron chi connectivity index (χ2n) is 1.36. The Balaban J connectivity index is 3.17. The second-order valence-corrected chi connectivity index (χ2v) is 5.74. The van der Waals surface area contributed by atoms with Crippen molar-refractivity contribution in [1.82, 2.24) is 0 Å². The summed E-state index contributed by atoms with van der Waals surface area (Å²) in [7, 11) is 0. The van der Waals surface area contributed by atoms with Crippen molar-refractivity contribution in [2.24, 2.45) is 0 Å². The van der Waals surface area contributed by atoms with Gasteiger partial charge in [-0.3, -0.25) is 0 Å². The SMILES string of the molecule is OCCC(Br)C(Br)Br. The van der Waals surface area contributed by atoms with E-state index in [1.165, 1.54) is 0 Å². The summed E-state index contributed by atoms with van der Waals surface area (Å²) in [6, 6.07) is 0. The first-order valence-corrected chi connectivity index (χ1v) is 4.96. The number of hydrogen-bond donors (Lipinski definition) is 1. The Hall–Kier alpha value is 1.40. The molecule has 0 saturated carbocycles. The lowest BCUT2D eigenvalue weighted by atomic mass is 10.4. The monoisotopic (exact) mass is 308 g/mol. The maximum Gasteiger partial charge on any atom is 0.0823 e. The van der Waals surface area contributed by atoms with E-state index in [2.05, 4.69) is 47.8 Å². The Bertz CT molecular complexity index is 57.2. The van der Waals surface area contributed by atoms with Gasteiger partial charge in [0.2, 0.25) is 0 Å². The molecule has 0 rings (SSSR count). The lowest BCUT2D eigenvalue weighted by Crippen LogP contribution is -2.07. The van der Waals surface area contributed by atoms with E-state index >= 15 is 0 Å². The van der Waals surface area contributed by atoms with Crippen molar-refractivity contribution in [2.45, 2.75) is 15.0 Å². The van der Waals surface area contributed by atoms with Crippen LogP contribution in [-0.4, -0.2) is 20.3 Å². The minimum absolute atomic E-state index is 0.226. The van der Waals surface area contributed by atoms with E-state index in [1.54, 1.807) is 0 Å². The Morgan fingerprint density at radius 1 is 1.25 bits per heavy atom. The van der Waals surface area contributed by atoms with Crippen molar-refractivity contribution in [3.8, 4) is 0 Å². The molecule has 0 radical (unpaired) electrons. The van der Waals surface area contributed by atoms with Crippen molar-refractivity contribution in [1.29, 1.82) is 0 Å². The van der Waals surface area contributed by atoms with Crippen molar-refractivity contribution >= 4 is 47.8 Å². The average molecular weight is 311 g/mol. The van der Waals surface area contributed by atoms with E-state index in [0.29, 0.717) is 4.83 Å². The van der Waals surface area contributed by atoms with Crippen LogP contribution in [0, 0.1) is 0 Å². The third kappa shape index (κ3) is 4.30. The molecule has 0 aliphatic rings. The summed E-state index contributed by atoms with van der Waals surface area (Å²) in [6.45, 7) is 0.226. The summed E-state index contributed by atoms with van der Waals surface area (Å²) in [5, 5.41) is 8.41. The fourth-order valence-corrected chi connectivity index (χ4v) is 0.983. The molecule has 1 nitrogen and oxygen atoms in total. The molecule has 50 valence electrons. The van der Waals surface area contributed by atoms with E-state index in [1.807, 2.05) is 0 Å². The maximum absolute atomic E-state index is 8.41. The lowest BCUT2D eigenvalue weighted by molar-refractivity contribution is 0.289. The lowest BCUT2D eigenvalue weighted by Gasteiger charge is -2.06. The quantitative estimate of drug-likeness (QED) is 0.793. The molecule has 4 heteroatoms. The highest BCUT2D eigenvalue weighted by Gasteiger charge is 2.09. The predicted molar refractivity (Wildman–Crippen MR) is 46.1 cm³/mol. The summed E-state index contributed by atoms with van der Waals surface area (Å²) < 4.78 is 0.252. The number of hydrogen-bond acceptors (Lipinski definition) is 1. The minimum Gasteiger partial charge on any atom is -0.396 e. The van der Waals surface area contributed by atoms with Crippen LogP contribution in [0.3, 0.4) is 0 Å². The highest BCUT2D eigenvalue weighted by atomic mass is 79.9. The van der Waals surface area contributed by atoms with E-state index in [9.17, 15) is 0 Å². The van der Waals surface area contributed by atoms with Crippen LogP contribution in [0.25, 0.3) is 0 Å². The predicted octanol–water partition coefficient (Wildman–Crippen LogP) is 2.25. The summed E-state index contributed by atoms with van der Waals surface area (Å²) in [5.41, 5.74) is 0. The Labute approximate surface area is 74.2 Å². The minimum atomic E-state index is 0.226. The smallest absolute Gasteiger partial charge is 0.0823 e. The van der Waals surface area contributed by atoms with Crippen LogP contribution in [0.5, 0.6) is 0 Å². The van der Waals surface area contributed by atoms with Gasteiger partial charge in [-0.25, -0.2) is 0 Å². The van der Waals surface area contributed by atoms with Crippen LogP contribution in [0.15, 0.2) is 0 Å². The zero-order valence-corrected chi connectivity index (χ0v) is 8.91. The first kappa shape index (κ1) is 9.40. The fourth-order valence-electron chi connectivity index (χ4n) is 0.249. The molecular weight excluding hydrogens is 304 g/mol. The molecule has 0 amide bonds. The molecule has 0 aromatic carbocycles. The molecule has 0 aliphatic heterocycles. The Morgan fingerprint density at radius 3 is 1.88 bits per heavy atom. The van der Waals surface area contributed by atoms with E-state index in [0.717, 1.165) is 6.42 Å². The topological polar surface area (TPSA) is 20.2 Å². The van der Waals surface area contributed by atoms with Gasteiger partial charge in [0.1, 0.15) is 0 Å². The van der Waals surface area contributed by atoms with Gasteiger partial charge >= 0.3 is 0 Å². The summed E-state index contributed by atoms with van der Waals surface area (Å²) >= 11 is 9.95. The van der Waals surface area contributed by atoms with Gasteiger partial charge in [0.05, 0.1) is 3.74 Å². The normalized spacial score (nSPS) is 14.6. The Morgan fingerprint density at radius 2 is 1.75 bits per heavy atom. The number of alkyl halides is 3. The number of aliphatic hydroxyl groups is 1. The average Bonchev–Trinajstić information content (AvgIpc) is 1.67. The molecule has 8 heavy (non-hydrogen) atoms. The van der Waals surface area contributed by atoms with E-state index < -0.39 is 0 Å². The zero-order valence-electron chi connectivity index (χ0n) is 4.15. The fraction of sp³-hybridized carbons (Fsp3) is 1.00. The van der Waals surface area contributed by atoms with Crippen LogP contribution >= 0.6 is 47.8 Å². The van der Waals surface area contributed by atoms with Crippen molar-refractivity contribution < 1.29 is 5.11 Å². The van der Waals surface area contributed by atoms with Gasteiger partial charge in [-0.05, 0) is 6.42 Å².